The molecule has 0 amide bonds. The third-order valence-corrected chi connectivity index (χ3v) is 13.6. The maximum Gasteiger partial charge on any atom is 0.143 e. The quantitative estimate of drug-likeness (QED) is 0.151. The minimum Gasteiger partial charge on any atom is -0.456 e. The second-order valence-corrected chi connectivity index (χ2v) is 17.1. The number of aryl methyl sites for hydroxylation is 2. The number of allylic oxidation sites excluding steroid dienone is 8. The lowest BCUT2D eigenvalue weighted by molar-refractivity contribution is 0.517. The molecule has 0 aliphatic heterocycles. The van der Waals surface area contributed by atoms with Crippen molar-refractivity contribution in [2.45, 2.75) is 66.2 Å². The van der Waals surface area contributed by atoms with Crippen molar-refractivity contribution >= 4 is 84.2 Å². The van der Waals surface area contributed by atoms with Crippen LogP contribution in [-0.4, -0.2) is 15.0 Å². The van der Waals surface area contributed by atoms with Gasteiger partial charge in [-0.2, -0.15) is 0 Å². The van der Waals surface area contributed by atoms with Gasteiger partial charge in [-0.1, -0.05) is 117 Å². The van der Waals surface area contributed by atoms with E-state index < -0.39 is 0 Å². The van der Waals surface area contributed by atoms with Crippen LogP contribution in [-0.2, 0) is 19.3 Å². The summed E-state index contributed by atoms with van der Waals surface area (Å²) in [4.78, 5) is 15.0. The van der Waals surface area contributed by atoms with Crippen molar-refractivity contribution in [3.8, 4) is 11.1 Å². The van der Waals surface area contributed by atoms with Crippen LogP contribution in [0, 0.1) is 18.8 Å². The van der Waals surface area contributed by atoms with Crippen molar-refractivity contribution < 1.29 is 4.42 Å². The van der Waals surface area contributed by atoms with E-state index in [0.717, 1.165) is 82.8 Å². The molecule has 0 N–H and O–H groups in total. The summed E-state index contributed by atoms with van der Waals surface area (Å²) in [6, 6.07) is 22.2. The molecule has 4 aromatic carbocycles. The summed E-state index contributed by atoms with van der Waals surface area (Å²) in [5, 5.41) is 8.40. The van der Waals surface area contributed by atoms with Crippen molar-refractivity contribution in [2.75, 3.05) is 0 Å². The Morgan fingerprint density at radius 3 is 2.51 bits per heavy atom. The van der Waals surface area contributed by atoms with Crippen molar-refractivity contribution in [3.63, 3.8) is 0 Å². The second kappa shape index (κ2) is 15.1. The molecule has 0 saturated heterocycles. The third kappa shape index (κ3) is 6.14. The zero-order valence-corrected chi connectivity index (χ0v) is 35.4. The highest BCUT2D eigenvalue weighted by atomic mass is 16.3. The molecule has 0 spiro atoms. The lowest BCUT2D eigenvalue weighted by Crippen LogP contribution is -2.10. The fourth-order valence-corrected chi connectivity index (χ4v) is 10.4. The predicted octanol–water partition coefficient (Wildman–Crippen LogP) is 15.0. The third-order valence-electron chi connectivity index (χ3n) is 13.6. The van der Waals surface area contributed by atoms with Gasteiger partial charge in [-0.3, -0.25) is 15.0 Å². The molecule has 11 rings (SSSR count). The predicted molar refractivity (Wildman–Crippen MR) is 258 cm³/mol. The molecule has 2 atom stereocenters. The van der Waals surface area contributed by atoms with Crippen molar-refractivity contribution in [3.05, 3.63) is 166 Å². The van der Waals surface area contributed by atoms with Gasteiger partial charge >= 0.3 is 0 Å². The number of furan rings is 1. The van der Waals surface area contributed by atoms with Crippen LogP contribution >= 0.6 is 0 Å². The number of pyridine rings is 3. The van der Waals surface area contributed by atoms with Gasteiger partial charge in [0.2, 0.25) is 0 Å². The molecule has 3 aliphatic carbocycles. The first kappa shape index (κ1) is 37.4. The maximum atomic E-state index is 6.72. The smallest absolute Gasteiger partial charge is 0.143 e. The van der Waals surface area contributed by atoms with E-state index in [-0.39, 0.29) is 0 Å². The number of hydrogen-bond donors (Lipinski definition) is 0. The summed E-state index contributed by atoms with van der Waals surface area (Å²) < 4.78 is 6.72. The molecule has 0 fully saturated rings. The Hall–Kier alpha value is -6.65. The van der Waals surface area contributed by atoms with Crippen LogP contribution < -0.4 is 0 Å². The van der Waals surface area contributed by atoms with Crippen LogP contribution in [0.5, 0.6) is 0 Å². The molecule has 4 aromatic heterocycles. The lowest BCUT2D eigenvalue weighted by Gasteiger charge is -2.23. The Morgan fingerprint density at radius 1 is 0.803 bits per heavy atom. The molecular formula is C57H49N3O. The van der Waals surface area contributed by atoms with Crippen LogP contribution in [0.4, 0.5) is 0 Å². The Balaban J connectivity index is 0.980. The summed E-state index contributed by atoms with van der Waals surface area (Å²) in [7, 11) is 0. The molecule has 4 heterocycles. The second-order valence-electron chi connectivity index (χ2n) is 17.1. The van der Waals surface area contributed by atoms with Gasteiger partial charge in [0.1, 0.15) is 11.3 Å². The Bertz CT molecular complexity index is 3310. The minimum absolute atomic E-state index is 0.315. The summed E-state index contributed by atoms with van der Waals surface area (Å²) in [6.45, 7) is 8.98. The lowest BCUT2D eigenvalue weighted by atomic mass is 9.82. The molecule has 61 heavy (non-hydrogen) atoms. The van der Waals surface area contributed by atoms with Gasteiger partial charge in [0, 0.05) is 56.1 Å². The standard InChI is InChI=1S/C57H49N3O/c1-5-13-52-40(6-2)47-27-28-49-53(57(47)61-52)48-19-9-10-20-51(48)60-54(49)39-15-11-14-37(32-39)34(3)21-24-42-35(4)41-17-7-8-18-44(41)50-33-38(23-25-45(42)50)43-29-31-59-56-46(43)26-22-36-16-12-30-58-55(36)56/h5,8-9,11-13,15-16,18-19,21-34,37H,6-7,10,14,17,20H2,1-4H3/b13-5-,24-21-. The number of aromatic nitrogens is 3. The average Bonchev–Trinajstić information content (AvgIpc) is 3.68. The van der Waals surface area contributed by atoms with Gasteiger partial charge in [-0.15, -0.1) is 0 Å². The van der Waals surface area contributed by atoms with E-state index in [1.807, 2.05) is 18.5 Å². The van der Waals surface area contributed by atoms with Crippen LogP contribution in [0.25, 0.3) is 95.3 Å². The molecule has 4 heteroatoms. The van der Waals surface area contributed by atoms with Gasteiger partial charge in [-0.25, -0.2) is 0 Å². The normalized spacial score (nSPS) is 16.8. The number of hydrogen-bond acceptors (Lipinski definition) is 4. The first-order valence-electron chi connectivity index (χ1n) is 22.2. The van der Waals surface area contributed by atoms with E-state index in [2.05, 4.69) is 149 Å². The van der Waals surface area contributed by atoms with E-state index >= 15 is 0 Å². The number of benzene rings is 4. The van der Waals surface area contributed by atoms with Crippen LogP contribution in [0.1, 0.15) is 90.6 Å². The summed E-state index contributed by atoms with van der Waals surface area (Å²) >= 11 is 0. The molecule has 0 saturated carbocycles. The molecule has 4 nitrogen and oxygen atoms in total. The molecule has 298 valence electrons. The van der Waals surface area contributed by atoms with Crippen LogP contribution in [0.3, 0.4) is 0 Å². The molecule has 0 bridgehead atoms. The van der Waals surface area contributed by atoms with Crippen LogP contribution in [0.2, 0.25) is 0 Å². The summed E-state index contributed by atoms with van der Waals surface area (Å²) in [6.07, 6.45) is 35.2. The van der Waals surface area contributed by atoms with E-state index in [0.29, 0.717) is 11.8 Å². The van der Waals surface area contributed by atoms with E-state index in [1.165, 1.54) is 77.3 Å². The van der Waals surface area contributed by atoms with Gasteiger partial charge in [0.05, 0.1) is 16.7 Å². The van der Waals surface area contributed by atoms with Crippen molar-refractivity contribution in [1.29, 1.82) is 0 Å². The fourth-order valence-electron chi connectivity index (χ4n) is 10.4. The zero-order chi connectivity index (χ0) is 41.2. The van der Waals surface area contributed by atoms with E-state index in [9.17, 15) is 0 Å². The van der Waals surface area contributed by atoms with E-state index in [4.69, 9.17) is 19.4 Å². The Labute approximate surface area is 357 Å². The highest BCUT2D eigenvalue weighted by molar-refractivity contribution is 6.14. The van der Waals surface area contributed by atoms with Gasteiger partial charge in [-0.05, 0) is 138 Å². The molecule has 3 aliphatic rings. The van der Waals surface area contributed by atoms with Gasteiger partial charge < -0.3 is 4.42 Å². The SMILES string of the molecule is C/C=C\c1oc2c(ccc3c(C4=CC(C(C)/C=C\c5c(C)c6c(c7cc(-c8ccnc9c8ccc8cccnc89)ccc57)C=CCC6)CC=C4)nc4c(c32)C=CCC4)c1CC. The van der Waals surface area contributed by atoms with Gasteiger partial charge in [0.25, 0.3) is 0 Å². The highest BCUT2D eigenvalue weighted by Crippen LogP contribution is 2.43. The summed E-state index contributed by atoms with van der Waals surface area (Å²) in [5.74, 6) is 1.62. The van der Waals surface area contributed by atoms with Crippen LogP contribution in [0.15, 0.2) is 120 Å². The topological polar surface area (TPSA) is 51.8 Å². The fraction of sp³-hybridized carbons (Fsp3) is 0.211. The first-order chi connectivity index (χ1) is 30.0. The molecule has 8 aromatic rings. The largest absolute Gasteiger partial charge is 0.456 e. The zero-order valence-electron chi connectivity index (χ0n) is 35.4. The number of fused-ring (bicyclic) bond motifs is 11. The molecule has 2 unspecified atom stereocenters. The Kier molecular flexibility index (Phi) is 9.26. The van der Waals surface area contributed by atoms with E-state index in [1.54, 1.807) is 0 Å². The Morgan fingerprint density at radius 2 is 1.62 bits per heavy atom. The number of rotatable bonds is 7. The maximum absolute atomic E-state index is 6.72. The van der Waals surface area contributed by atoms with Crippen molar-refractivity contribution in [1.82, 2.24) is 15.0 Å². The average molecular weight is 792 g/mol. The minimum atomic E-state index is 0.315. The first-order valence-corrected chi connectivity index (χ1v) is 22.2. The highest BCUT2D eigenvalue weighted by Gasteiger charge is 2.25. The molecule has 0 radical (unpaired) electrons. The summed E-state index contributed by atoms with van der Waals surface area (Å²) in [5.41, 5.74) is 16.7. The van der Waals surface area contributed by atoms with Crippen molar-refractivity contribution in [2.24, 2.45) is 11.8 Å². The monoisotopic (exact) mass is 791 g/mol. The number of nitrogens with zero attached hydrogens (tertiary/aromatic N) is 3. The molecular weight excluding hydrogens is 743 g/mol. The van der Waals surface area contributed by atoms with Gasteiger partial charge in [0.15, 0.2) is 0 Å².